The number of sulfonamides is 1. The Kier molecular flexibility index (Phi) is 3.75. The van der Waals surface area contributed by atoms with Crippen LogP contribution in [0, 0.1) is 0 Å². The Bertz CT molecular complexity index is 765. The van der Waals surface area contributed by atoms with Gasteiger partial charge in [0.15, 0.2) is 0 Å². The van der Waals surface area contributed by atoms with Crippen molar-refractivity contribution in [2.24, 2.45) is 5.73 Å². The summed E-state index contributed by atoms with van der Waals surface area (Å²) in [5.74, 6) is 0. The molecule has 0 radical (unpaired) electrons. The number of fused-ring (bicyclic) bond motifs is 1. The topological polar surface area (TPSA) is 63.4 Å². The minimum atomic E-state index is -3.60. The molecular formula is C15H15ClN2O2S. The minimum Gasteiger partial charge on any atom is -0.326 e. The number of hydrogen-bond donors (Lipinski definition) is 1. The molecule has 0 saturated carbocycles. The fourth-order valence-electron chi connectivity index (χ4n) is 2.49. The third kappa shape index (κ3) is 2.58. The lowest BCUT2D eigenvalue weighted by Crippen LogP contribution is -2.26. The summed E-state index contributed by atoms with van der Waals surface area (Å²) in [4.78, 5) is 0.133. The summed E-state index contributed by atoms with van der Waals surface area (Å²) >= 11 is 6.12. The Morgan fingerprint density at radius 1 is 1.10 bits per heavy atom. The highest BCUT2D eigenvalue weighted by molar-refractivity contribution is 7.89. The average Bonchev–Trinajstić information content (AvgIpc) is 2.91. The molecule has 0 saturated heterocycles. The second kappa shape index (κ2) is 5.42. The van der Waals surface area contributed by atoms with Gasteiger partial charge in [-0.1, -0.05) is 41.9 Å². The van der Waals surface area contributed by atoms with E-state index in [0.717, 1.165) is 16.7 Å². The molecule has 1 heterocycles. The molecule has 0 amide bonds. The Hall–Kier alpha value is -1.40. The third-order valence-corrected chi connectivity index (χ3v) is 5.94. The van der Waals surface area contributed by atoms with Gasteiger partial charge in [-0.05, 0) is 28.8 Å². The zero-order chi connectivity index (χ0) is 15.0. The molecule has 0 unspecified atom stereocenters. The van der Waals surface area contributed by atoms with Crippen LogP contribution in [0.25, 0.3) is 0 Å². The monoisotopic (exact) mass is 322 g/mol. The van der Waals surface area contributed by atoms with Gasteiger partial charge in [0.25, 0.3) is 0 Å². The standard InChI is InChI=1S/C15H15ClN2O2S/c16-14-7-11(8-17)5-6-15(14)21(19,20)18-9-12-3-1-2-4-13(12)10-18/h1-7H,8-10,17H2. The van der Waals surface area contributed by atoms with E-state index in [4.69, 9.17) is 17.3 Å². The second-order valence-corrected chi connectivity index (χ2v) is 7.32. The fourth-order valence-corrected chi connectivity index (χ4v) is 4.43. The molecule has 6 heteroatoms. The van der Waals surface area contributed by atoms with Crippen LogP contribution in [-0.2, 0) is 29.7 Å². The van der Waals surface area contributed by atoms with Crippen LogP contribution >= 0.6 is 11.6 Å². The first kappa shape index (κ1) is 14.5. The quantitative estimate of drug-likeness (QED) is 0.944. The Morgan fingerprint density at radius 2 is 1.71 bits per heavy atom. The van der Waals surface area contributed by atoms with Crippen molar-refractivity contribution in [2.75, 3.05) is 0 Å². The van der Waals surface area contributed by atoms with Crippen molar-refractivity contribution < 1.29 is 8.42 Å². The highest BCUT2D eigenvalue weighted by Gasteiger charge is 2.31. The van der Waals surface area contributed by atoms with Gasteiger partial charge in [-0.3, -0.25) is 0 Å². The van der Waals surface area contributed by atoms with E-state index in [2.05, 4.69) is 0 Å². The molecule has 4 nitrogen and oxygen atoms in total. The molecule has 21 heavy (non-hydrogen) atoms. The van der Waals surface area contributed by atoms with Gasteiger partial charge in [0.1, 0.15) is 4.90 Å². The molecule has 0 aromatic heterocycles. The van der Waals surface area contributed by atoms with Gasteiger partial charge in [-0.15, -0.1) is 0 Å². The minimum absolute atomic E-state index is 0.133. The lowest BCUT2D eigenvalue weighted by molar-refractivity contribution is 0.431. The molecule has 2 N–H and O–H groups in total. The van der Waals surface area contributed by atoms with Gasteiger partial charge in [-0.2, -0.15) is 4.31 Å². The first-order valence-electron chi connectivity index (χ1n) is 6.58. The highest BCUT2D eigenvalue weighted by atomic mass is 35.5. The summed E-state index contributed by atoms with van der Waals surface area (Å²) < 4.78 is 26.9. The van der Waals surface area contributed by atoms with Crippen LogP contribution in [0.1, 0.15) is 16.7 Å². The van der Waals surface area contributed by atoms with Gasteiger partial charge < -0.3 is 5.73 Å². The molecule has 0 aliphatic carbocycles. The molecule has 0 fully saturated rings. The number of rotatable bonds is 3. The van der Waals surface area contributed by atoms with E-state index in [1.165, 1.54) is 10.4 Å². The summed E-state index contributed by atoms with van der Waals surface area (Å²) in [5.41, 5.74) is 8.42. The van der Waals surface area contributed by atoms with Crippen LogP contribution < -0.4 is 5.73 Å². The third-order valence-electron chi connectivity index (χ3n) is 3.66. The van der Waals surface area contributed by atoms with E-state index >= 15 is 0 Å². The van der Waals surface area contributed by atoms with Crippen LogP contribution in [0.4, 0.5) is 0 Å². The smallest absolute Gasteiger partial charge is 0.245 e. The molecule has 0 atom stereocenters. The lowest BCUT2D eigenvalue weighted by atomic mass is 10.1. The molecule has 1 aliphatic heterocycles. The predicted octanol–water partition coefficient (Wildman–Crippen LogP) is 2.50. The largest absolute Gasteiger partial charge is 0.326 e. The van der Waals surface area contributed by atoms with E-state index in [-0.39, 0.29) is 9.92 Å². The van der Waals surface area contributed by atoms with Crippen molar-refractivity contribution in [3.05, 3.63) is 64.2 Å². The van der Waals surface area contributed by atoms with Crippen molar-refractivity contribution in [3.8, 4) is 0 Å². The number of hydrogen-bond acceptors (Lipinski definition) is 3. The van der Waals surface area contributed by atoms with Crippen LogP contribution in [0.15, 0.2) is 47.4 Å². The maximum absolute atomic E-state index is 12.7. The molecule has 2 aromatic rings. The first-order valence-corrected chi connectivity index (χ1v) is 8.39. The van der Waals surface area contributed by atoms with E-state index in [1.54, 1.807) is 12.1 Å². The zero-order valence-corrected chi connectivity index (χ0v) is 12.9. The molecule has 110 valence electrons. The van der Waals surface area contributed by atoms with Crippen molar-refractivity contribution >= 4 is 21.6 Å². The molecule has 0 spiro atoms. The maximum Gasteiger partial charge on any atom is 0.245 e. The van der Waals surface area contributed by atoms with Crippen molar-refractivity contribution in [3.63, 3.8) is 0 Å². The summed E-state index contributed by atoms with van der Waals surface area (Å²) in [6.07, 6.45) is 0. The highest BCUT2D eigenvalue weighted by Crippen LogP contribution is 2.31. The van der Waals surface area contributed by atoms with E-state index in [1.807, 2.05) is 24.3 Å². The van der Waals surface area contributed by atoms with Crippen LogP contribution in [0.5, 0.6) is 0 Å². The predicted molar refractivity (Wildman–Crippen MR) is 82.2 cm³/mol. The number of nitrogens with zero attached hydrogens (tertiary/aromatic N) is 1. The SMILES string of the molecule is NCc1ccc(S(=O)(=O)N2Cc3ccccc3C2)c(Cl)c1. The van der Waals surface area contributed by atoms with E-state index < -0.39 is 10.0 Å². The van der Waals surface area contributed by atoms with Crippen molar-refractivity contribution in [1.82, 2.24) is 4.31 Å². The van der Waals surface area contributed by atoms with E-state index in [0.29, 0.717) is 19.6 Å². The molecule has 2 aromatic carbocycles. The van der Waals surface area contributed by atoms with Crippen molar-refractivity contribution in [2.45, 2.75) is 24.5 Å². The Labute approximate surface area is 129 Å². The van der Waals surface area contributed by atoms with Crippen LogP contribution in [0.3, 0.4) is 0 Å². The first-order chi connectivity index (χ1) is 10.0. The van der Waals surface area contributed by atoms with Crippen LogP contribution in [0.2, 0.25) is 5.02 Å². The van der Waals surface area contributed by atoms with E-state index in [9.17, 15) is 8.42 Å². The number of halogens is 1. The molecule has 1 aliphatic rings. The van der Waals surface area contributed by atoms with Crippen molar-refractivity contribution in [1.29, 1.82) is 0 Å². The van der Waals surface area contributed by atoms with Gasteiger partial charge in [0, 0.05) is 19.6 Å². The molecular weight excluding hydrogens is 308 g/mol. The number of benzene rings is 2. The fraction of sp³-hybridized carbons (Fsp3) is 0.200. The lowest BCUT2D eigenvalue weighted by Gasteiger charge is -2.17. The van der Waals surface area contributed by atoms with Gasteiger partial charge in [-0.25, -0.2) is 8.42 Å². The summed E-state index contributed by atoms with van der Waals surface area (Å²) in [5, 5.41) is 0.217. The second-order valence-electron chi connectivity index (χ2n) is 5.01. The Morgan fingerprint density at radius 3 is 2.24 bits per heavy atom. The zero-order valence-electron chi connectivity index (χ0n) is 11.3. The maximum atomic E-state index is 12.7. The van der Waals surface area contributed by atoms with Gasteiger partial charge >= 0.3 is 0 Å². The molecule has 0 bridgehead atoms. The van der Waals surface area contributed by atoms with Crippen LogP contribution in [-0.4, -0.2) is 12.7 Å². The number of nitrogens with two attached hydrogens (primary N) is 1. The molecule has 3 rings (SSSR count). The van der Waals surface area contributed by atoms with Gasteiger partial charge in [0.05, 0.1) is 5.02 Å². The summed E-state index contributed by atoms with van der Waals surface area (Å²) in [6.45, 7) is 1.09. The van der Waals surface area contributed by atoms with Gasteiger partial charge in [0.2, 0.25) is 10.0 Å². The summed E-state index contributed by atoms with van der Waals surface area (Å²) in [7, 11) is -3.60. The normalized spacial score (nSPS) is 15.1. The summed E-state index contributed by atoms with van der Waals surface area (Å²) in [6, 6.07) is 12.6. The Balaban J connectivity index is 1.96. The average molecular weight is 323 g/mol.